The Morgan fingerprint density at radius 2 is 0.804 bits per heavy atom. The fraction of sp³-hybridized carbons (Fsp3) is 0. The predicted molar refractivity (Wildman–Crippen MR) is 227 cm³/mol. The van der Waals surface area contributed by atoms with Gasteiger partial charge in [0.1, 0.15) is 22.3 Å². The van der Waals surface area contributed by atoms with Gasteiger partial charge in [-0.15, -0.1) is 0 Å². The molecule has 0 bridgehead atoms. The SMILES string of the molecule is c1ccc(-c2cccc(-c3ccc(-c4cccc5oc6c(-c7nc(-c8ccccc8)nc(-c8ccccc8)n7)cccc6c45)c4oc5ccccc5c34)c2)cc1. The van der Waals surface area contributed by atoms with Crippen LogP contribution in [-0.2, 0) is 0 Å². The van der Waals surface area contributed by atoms with Gasteiger partial charge in [0.25, 0.3) is 0 Å². The molecule has 11 aromatic rings. The van der Waals surface area contributed by atoms with Crippen LogP contribution in [0.25, 0.3) is 111 Å². The molecule has 0 atom stereocenters. The first kappa shape index (κ1) is 31.9. The zero-order valence-corrected chi connectivity index (χ0v) is 30.1. The molecule has 5 nitrogen and oxygen atoms in total. The quantitative estimate of drug-likeness (QED) is 0.171. The smallest absolute Gasteiger partial charge is 0.167 e. The minimum Gasteiger partial charge on any atom is -0.455 e. The summed E-state index contributed by atoms with van der Waals surface area (Å²) in [5, 5.41) is 4.14. The van der Waals surface area contributed by atoms with Crippen LogP contribution in [0.1, 0.15) is 0 Å². The summed E-state index contributed by atoms with van der Waals surface area (Å²) in [5.74, 6) is 1.75. The van der Waals surface area contributed by atoms with Gasteiger partial charge in [-0.05, 0) is 58.1 Å². The van der Waals surface area contributed by atoms with Gasteiger partial charge in [0, 0.05) is 38.2 Å². The molecule has 0 spiro atoms. The van der Waals surface area contributed by atoms with Crippen molar-refractivity contribution in [2.45, 2.75) is 0 Å². The van der Waals surface area contributed by atoms with E-state index in [1.54, 1.807) is 0 Å². The number of fused-ring (bicyclic) bond motifs is 6. The Hall–Kier alpha value is -7.63. The van der Waals surface area contributed by atoms with Gasteiger partial charge in [0.2, 0.25) is 0 Å². The highest BCUT2D eigenvalue weighted by atomic mass is 16.3. The molecule has 0 saturated heterocycles. The minimum atomic E-state index is 0.547. The third-order valence-corrected chi connectivity index (χ3v) is 10.6. The van der Waals surface area contributed by atoms with Gasteiger partial charge in [-0.25, -0.2) is 15.0 Å². The number of furan rings is 2. The molecule has 56 heavy (non-hydrogen) atoms. The van der Waals surface area contributed by atoms with Crippen LogP contribution >= 0.6 is 0 Å². The molecule has 0 aliphatic rings. The van der Waals surface area contributed by atoms with E-state index in [9.17, 15) is 0 Å². The van der Waals surface area contributed by atoms with Crippen LogP contribution in [0.15, 0.2) is 197 Å². The lowest BCUT2D eigenvalue weighted by Gasteiger charge is -2.11. The van der Waals surface area contributed by atoms with E-state index in [0.29, 0.717) is 17.5 Å². The molecule has 3 heterocycles. The summed E-state index contributed by atoms with van der Waals surface area (Å²) in [6, 6.07) is 64.5. The Morgan fingerprint density at radius 1 is 0.286 bits per heavy atom. The van der Waals surface area contributed by atoms with E-state index in [2.05, 4.69) is 97.1 Å². The average Bonchev–Trinajstić information content (AvgIpc) is 3.86. The fourth-order valence-electron chi connectivity index (χ4n) is 7.96. The van der Waals surface area contributed by atoms with Crippen molar-refractivity contribution in [2.75, 3.05) is 0 Å². The molecular weight excluding hydrogens is 687 g/mol. The van der Waals surface area contributed by atoms with Crippen molar-refractivity contribution in [1.82, 2.24) is 15.0 Å². The van der Waals surface area contributed by atoms with E-state index in [1.165, 1.54) is 11.1 Å². The summed E-state index contributed by atoms with van der Waals surface area (Å²) in [5.41, 5.74) is 12.4. The number of aromatic nitrogens is 3. The van der Waals surface area contributed by atoms with Crippen LogP contribution in [0.2, 0.25) is 0 Å². The Labute approximate surface area is 322 Å². The molecule has 0 aliphatic carbocycles. The van der Waals surface area contributed by atoms with Crippen molar-refractivity contribution in [3.8, 4) is 67.5 Å². The number of benzene rings is 8. The van der Waals surface area contributed by atoms with E-state index in [-0.39, 0.29) is 0 Å². The Balaban J connectivity index is 1.12. The van der Waals surface area contributed by atoms with Crippen LogP contribution in [0.3, 0.4) is 0 Å². The highest BCUT2D eigenvalue weighted by Gasteiger charge is 2.23. The van der Waals surface area contributed by atoms with Crippen LogP contribution in [0, 0.1) is 0 Å². The van der Waals surface area contributed by atoms with Gasteiger partial charge < -0.3 is 8.83 Å². The minimum absolute atomic E-state index is 0.547. The van der Waals surface area contributed by atoms with Crippen molar-refractivity contribution in [2.24, 2.45) is 0 Å². The normalized spacial score (nSPS) is 11.6. The Bertz CT molecular complexity index is 3180. The molecule has 11 rings (SSSR count). The van der Waals surface area contributed by atoms with Crippen molar-refractivity contribution < 1.29 is 8.83 Å². The third-order valence-electron chi connectivity index (χ3n) is 10.6. The standard InChI is InChI=1S/C51H31N3O2/c1-4-15-32(16-5-1)35-21-12-22-36(31-35)37-29-30-39(48-46(37)40-23-10-11-27-43(40)55-48)38-24-14-28-44-45(38)41-25-13-26-42(47(41)56-44)51-53-49(33-17-6-2-7-18-33)52-50(54-51)34-19-8-3-9-20-34/h1-31H. The van der Waals surface area contributed by atoms with Gasteiger partial charge in [-0.1, -0.05) is 158 Å². The van der Waals surface area contributed by atoms with Crippen molar-refractivity contribution in [1.29, 1.82) is 0 Å². The maximum Gasteiger partial charge on any atom is 0.167 e. The van der Waals surface area contributed by atoms with Crippen LogP contribution in [0.5, 0.6) is 0 Å². The molecule has 0 saturated carbocycles. The lowest BCUT2D eigenvalue weighted by Crippen LogP contribution is -2.00. The lowest BCUT2D eigenvalue weighted by atomic mass is 9.91. The number of hydrogen-bond acceptors (Lipinski definition) is 5. The third kappa shape index (κ3) is 5.29. The van der Waals surface area contributed by atoms with Gasteiger partial charge in [0.05, 0.1) is 5.56 Å². The van der Waals surface area contributed by atoms with Crippen LogP contribution < -0.4 is 0 Å². The molecular formula is C51H31N3O2. The molecule has 5 heteroatoms. The van der Waals surface area contributed by atoms with E-state index in [0.717, 1.165) is 82.8 Å². The summed E-state index contributed by atoms with van der Waals surface area (Å²) in [4.78, 5) is 15.0. The molecule has 0 amide bonds. The molecule has 3 aromatic heterocycles. The second-order valence-electron chi connectivity index (χ2n) is 13.9. The molecule has 8 aromatic carbocycles. The second kappa shape index (κ2) is 13.0. The lowest BCUT2D eigenvalue weighted by molar-refractivity contribution is 0.669. The highest BCUT2D eigenvalue weighted by Crippen LogP contribution is 2.46. The molecule has 0 fully saturated rings. The van der Waals surface area contributed by atoms with Crippen LogP contribution in [-0.4, -0.2) is 15.0 Å². The van der Waals surface area contributed by atoms with Gasteiger partial charge >= 0.3 is 0 Å². The summed E-state index contributed by atoms with van der Waals surface area (Å²) in [6.07, 6.45) is 0. The topological polar surface area (TPSA) is 65.0 Å². The van der Waals surface area contributed by atoms with E-state index < -0.39 is 0 Å². The summed E-state index contributed by atoms with van der Waals surface area (Å²) in [7, 11) is 0. The second-order valence-corrected chi connectivity index (χ2v) is 13.9. The molecule has 0 N–H and O–H groups in total. The first-order chi connectivity index (χ1) is 27.8. The Kier molecular flexibility index (Phi) is 7.42. The largest absolute Gasteiger partial charge is 0.455 e. The predicted octanol–water partition coefficient (Wildman–Crippen LogP) is 13.7. The first-order valence-corrected chi connectivity index (χ1v) is 18.7. The van der Waals surface area contributed by atoms with E-state index in [4.69, 9.17) is 23.8 Å². The summed E-state index contributed by atoms with van der Waals surface area (Å²) >= 11 is 0. The number of rotatable bonds is 6. The molecule has 262 valence electrons. The average molecular weight is 718 g/mol. The maximum atomic E-state index is 6.80. The fourth-order valence-corrected chi connectivity index (χ4v) is 7.96. The van der Waals surface area contributed by atoms with Crippen LogP contribution in [0.4, 0.5) is 0 Å². The highest BCUT2D eigenvalue weighted by molar-refractivity contribution is 6.21. The number of hydrogen-bond donors (Lipinski definition) is 0. The van der Waals surface area contributed by atoms with E-state index >= 15 is 0 Å². The van der Waals surface area contributed by atoms with E-state index in [1.807, 2.05) is 91.0 Å². The zero-order valence-electron chi connectivity index (χ0n) is 30.1. The van der Waals surface area contributed by atoms with Crippen molar-refractivity contribution in [3.63, 3.8) is 0 Å². The Morgan fingerprint density at radius 3 is 1.55 bits per heavy atom. The van der Waals surface area contributed by atoms with Gasteiger partial charge in [-0.2, -0.15) is 0 Å². The van der Waals surface area contributed by atoms with Crippen molar-refractivity contribution >= 4 is 43.9 Å². The number of nitrogens with zero attached hydrogens (tertiary/aromatic N) is 3. The molecule has 0 radical (unpaired) electrons. The summed E-state index contributed by atoms with van der Waals surface area (Å²) in [6.45, 7) is 0. The molecule has 0 aliphatic heterocycles. The number of para-hydroxylation sites is 2. The summed E-state index contributed by atoms with van der Waals surface area (Å²) < 4.78 is 13.6. The van der Waals surface area contributed by atoms with Gasteiger partial charge in [0.15, 0.2) is 17.5 Å². The molecule has 0 unspecified atom stereocenters. The van der Waals surface area contributed by atoms with Crippen molar-refractivity contribution in [3.05, 3.63) is 188 Å². The maximum absolute atomic E-state index is 6.80. The van der Waals surface area contributed by atoms with Gasteiger partial charge in [-0.3, -0.25) is 0 Å². The zero-order chi connectivity index (χ0) is 37.0. The monoisotopic (exact) mass is 717 g/mol. The first-order valence-electron chi connectivity index (χ1n) is 18.7.